The molecule has 1 aliphatic heterocycles. The van der Waals surface area contributed by atoms with Crippen LogP contribution in [0.5, 0.6) is 0 Å². The second-order valence-corrected chi connectivity index (χ2v) is 7.40. The van der Waals surface area contributed by atoms with Crippen LogP contribution < -0.4 is 10.2 Å². The third kappa shape index (κ3) is 6.28. The van der Waals surface area contributed by atoms with E-state index >= 15 is 0 Å². The summed E-state index contributed by atoms with van der Waals surface area (Å²) in [6.07, 6.45) is -2.00. The highest BCUT2D eigenvalue weighted by molar-refractivity contribution is 5.99. The van der Waals surface area contributed by atoms with Gasteiger partial charge in [-0.1, -0.05) is 6.07 Å². The number of carbonyl (C=O) groups excluding carboxylic acids is 3. The van der Waals surface area contributed by atoms with E-state index in [9.17, 15) is 27.6 Å². The second kappa shape index (κ2) is 10.9. The van der Waals surface area contributed by atoms with Crippen LogP contribution in [0.15, 0.2) is 36.5 Å². The molecule has 1 saturated heterocycles. The smallest absolute Gasteiger partial charge is 0.325 e. The minimum absolute atomic E-state index is 0.0627. The number of alkyl halides is 2. The van der Waals surface area contributed by atoms with Gasteiger partial charge >= 0.3 is 12.5 Å². The van der Waals surface area contributed by atoms with Crippen molar-refractivity contribution in [3.05, 3.63) is 59.2 Å². The van der Waals surface area contributed by atoms with Crippen LogP contribution >= 0.6 is 0 Å². The Bertz CT molecular complexity index is 1010. The molecule has 2 aromatic rings. The van der Waals surface area contributed by atoms with Gasteiger partial charge < -0.3 is 15.0 Å². The molecule has 176 valence electrons. The predicted octanol–water partition coefficient (Wildman–Crippen LogP) is 2.55. The van der Waals surface area contributed by atoms with E-state index in [0.29, 0.717) is 37.6 Å². The Labute approximate surface area is 188 Å². The van der Waals surface area contributed by atoms with Gasteiger partial charge in [-0.25, -0.2) is 9.18 Å². The van der Waals surface area contributed by atoms with Gasteiger partial charge in [-0.2, -0.15) is 8.78 Å². The number of anilines is 1. The molecule has 0 bridgehead atoms. The number of ketones is 1. The average molecular weight is 464 g/mol. The van der Waals surface area contributed by atoms with E-state index in [1.165, 1.54) is 35.4 Å². The van der Waals surface area contributed by atoms with Crippen molar-refractivity contribution in [1.29, 1.82) is 0 Å². The molecule has 1 aromatic carbocycles. The van der Waals surface area contributed by atoms with Crippen molar-refractivity contribution < 1.29 is 32.3 Å². The molecule has 1 aromatic heterocycles. The van der Waals surface area contributed by atoms with E-state index in [0.717, 1.165) is 0 Å². The molecule has 0 unspecified atom stereocenters. The van der Waals surface area contributed by atoms with Crippen molar-refractivity contribution in [3.8, 4) is 0 Å². The molecule has 1 aliphatic rings. The normalized spacial score (nSPS) is 13.7. The van der Waals surface area contributed by atoms with Crippen LogP contribution in [-0.4, -0.2) is 66.9 Å². The molecule has 11 heteroatoms. The number of hydrogen-bond acceptors (Lipinski definition) is 5. The number of Topliss-reactive ketones (excluding diaryl/α,β-unsaturated/α-hetero) is 1. The Hall–Kier alpha value is -3.47. The van der Waals surface area contributed by atoms with Gasteiger partial charge in [-0.3, -0.25) is 19.5 Å². The summed E-state index contributed by atoms with van der Waals surface area (Å²) in [6.45, 7) is 2.58. The van der Waals surface area contributed by atoms with E-state index in [4.69, 9.17) is 4.74 Å². The van der Waals surface area contributed by atoms with E-state index in [-0.39, 0.29) is 17.8 Å². The number of urea groups is 1. The first-order valence-electron chi connectivity index (χ1n) is 10.2. The van der Waals surface area contributed by atoms with E-state index < -0.39 is 36.5 Å². The summed E-state index contributed by atoms with van der Waals surface area (Å²) in [4.78, 5) is 43.2. The Morgan fingerprint density at radius 3 is 2.52 bits per heavy atom. The molecular weight excluding hydrogens is 441 g/mol. The lowest BCUT2D eigenvalue weighted by Crippen LogP contribution is -2.48. The highest BCUT2D eigenvalue weighted by atomic mass is 19.3. The number of aryl methyl sites for hydroxylation is 1. The minimum Gasteiger partial charge on any atom is -0.378 e. The van der Waals surface area contributed by atoms with Gasteiger partial charge in [0.15, 0.2) is 5.78 Å². The first-order valence-corrected chi connectivity index (χ1v) is 10.2. The molecule has 0 atom stereocenters. The maximum Gasteiger partial charge on any atom is 0.325 e. The lowest BCUT2D eigenvalue weighted by Gasteiger charge is -2.33. The average Bonchev–Trinajstić information content (AvgIpc) is 2.81. The number of amides is 3. The van der Waals surface area contributed by atoms with Gasteiger partial charge in [0.05, 0.1) is 37.7 Å². The van der Waals surface area contributed by atoms with Crippen LogP contribution in [-0.2, 0) is 16.1 Å². The van der Waals surface area contributed by atoms with Crippen LogP contribution in [0.1, 0.15) is 21.6 Å². The van der Waals surface area contributed by atoms with Crippen molar-refractivity contribution in [2.24, 2.45) is 0 Å². The molecule has 0 saturated carbocycles. The van der Waals surface area contributed by atoms with Gasteiger partial charge in [-0.15, -0.1) is 0 Å². The molecule has 0 aliphatic carbocycles. The third-order valence-corrected chi connectivity index (χ3v) is 4.99. The van der Waals surface area contributed by atoms with Gasteiger partial charge in [0.25, 0.3) is 5.91 Å². The zero-order valence-corrected chi connectivity index (χ0v) is 17.9. The Kier molecular flexibility index (Phi) is 7.99. The Balaban J connectivity index is 1.77. The summed E-state index contributed by atoms with van der Waals surface area (Å²) >= 11 is 0. The lowest BCUT2D eigenvalue weighted by atomic mass is 10.1. The van der Waals surface area contributed by atoms with Gasteiger partial charge in [0.2, 0.25) is 0 Å². The zero-order valence-electron chi connectivity index (χ0n) is 17.9. The number of hydrogen-bond donors (Lipinski definition) is 1. The van der Waals surface area contributed by atoms with Crippen LogP contribution in [0.25, 0.3) is 0 Å². The van der Waals surface area contributed by atoms with Crippen LogP contribution in [0.3, 0.4) is 0 Å². The number of nitrogens with one attached hydrogen (secondary N) is 1. The van der Waals surface area contributed by atoms with Crippen LogP contribution in [0, 0.1) is 12.7 Å². The maximum absolute atomic E-state index is 14.7. The number of pyridine rings is 1. The number of aromatic nitrogens is 1. The number of benzene rings is 1. The fourth-order valence-electron chi connectivity index (χ4n) is 3.20. The molecule has 1 N–H and O–H groups in total. The zero-order chi connectivity index (χ0) is 24.0. The molecular formula is C22H23F3N4O4. The van der Waals surface area contributed by atoms with E-state index in [1.807, 2.05) is 5.32 Å². The Morgan fingerprint density at radius 2 is 1.91 bits per heavy atom. The number of halogens is 3. The first kappa shape index (κ1) is 24.2. The highest BCUT2D eigenvalue weighted by Gasteiger charge is 2.27. The lowest BCUT2D eigenvalue weighted by molar-refractivity contribution is -0.131. The first-order chi connectivity index (χ1) is 15.8. The molecule has 3 rings (SSSR count). The highest BCUT2D eigenvalue weighted by Crippen LogP contribution is 2.24. The molecule has 3 amide bonds. The quantitative estimate of drug-likeness (QED) is 0.636. The topological polar surface area (TPSA) is 91.8 Å². The number of ether oxygens (including phenoxy) is 1. The molecule has 2 heterocycles. The summed E-state index contributed by atoms with van der Waals surface area (Å²) in [7, 11) is 0. The molecule has 0 radical (unpaired) electrons. The molecule has 1 fully saturated rings. The minimum atomic E-state index is -3.21. The standard InChI is InChI=1S/C22H23F3N4O4/c1-14-2-5-18(17(23)10-14)29(22(32)28-6-8-33-9-7-28)13-16-4-3-15(11-26-16)19(30)12-27-21(31)20(24)25/h2-5,10-11,20H,6-9,12-13H2,1H3,(H,27,31). The summed E-state index contributed by atoms with van der Waals surface area (Å²) in [6, 6.07) is 7.03. The van der Waals surface area contributed by atoms with Gasteiger partial charge in [0, 0.05) is 24.8 Å². The molecule has 33 heavy (non-hydrogen) atoms. The summed E-state index contributed by atoms with van der Waals surface area (Å²) < 4.78 is 44.5. The Morgan fingerprint density at radius 1 is 1.18 bits per heavy atom. The monoisotopic (exact) mass is 464 g/mol. The fraction of sp³-hybridized carbons (Fsp3) is 0.364. The predicted molar refractivity (Wildman–Crippen MR) is 113 cm³/mol. The second-order valence-electron chi connectivity index (χ2n) is 7.40. The van der Waals surface area contributed by atoms with E-state index in [2.05, 4.69) is 4.98 Å². The van der Waals surface area contributed by atoms with Crippen molar-refractivity contribution in [2.45, 2.75) is 19.9 Å². The SMILES string of the molecule is Cc1ccc(N(Cc2ccc(C(=O)CNC(=O)C(F)F)cn2)C(=O)N2CCOCC2)c(F)c1. The summed E-state index contributed by atoms with van der Waals surface area (Å²) in [5.74, 6) is -2.70. The third-order valence-electron chi connectivity index (χ3n) is 4.99. The number of rotatable bonds is 7. The van der Waals surface area contributed by atoms with Crippen LogP contribution in [0.4, 0.5) is 23.7 Å². The summed E-state index contributed by atoms with van der Waals surface area (Å²) in [5, 5.41) is 1.83. The molecule has 0 spiro atoms. The maximum atomic E-state index is 14.7. The van der Waals surface area contributed by atoms with Crippen molar-refractivity contribution in [3.63, 3.8) is 0 Å². The fourth-order valence-corrected chi connectivity index (χ4v) is 3.20. The molecule has 8 nitrogen and oxygen atoms in total. The van der Waals surface area contributed by atoms with Crippen molar-refractivity contribution >= 4 is 23.4 Å². The van der Waals surface area contributed by atoms with Gasteiger partial charge in [-0.05, 0) is 36.8 Å². The van der Waals surface area contributed by atoms with Gasteiger partial charge in [0.1, 0.15) is 5.82 Å². The largest absolute Gasteiger partial charge is 0.378 e. The van der Waals surface area contributed by atoms with E-state index in [1.54, 1.807) is 17.9 Å². The van der Waals surface area contributed by atoms with Crippen molar-refractivity contribution in [1.82, 2.24) is 15.2 Å². The van der Waals surface area contributed by atoms with Crippen LogP contribution in [0.2, 0.25) is 0 Å². The number of morpholine rings is 1. The number of nitrogens with zero attached hydrogens (tertiary/aromatic N) is 3. The van der Waals surface area contributed by atoms with Crippen molar-refractivity contribution in [2.75, 3.05) is 37.7 Å². The summed E-state index contributed by atoms with van der Waals surface area (Å²) in [5.41, 5.74) is 1.27. The number of carbonyl (C=O) groups is 3.